The Bertz CT molecular complexity index is 502. The summed E-state index contributed by atoms with van der Waals surface area (Å²) >= 11 is 0. The Morgan fingerprint density at radius 2 is 1.95 bits per heavy atom. The third-order valence-corrected chi connectivity index (χ3v) is 6.09. The molecule has 4 aliphatic carbocycles. The van der Waals surface area contributed by atoms with Crippen molar-refractivity contribution in [3.8, 4) is 0 Å². The highest BCUT2D eigenvalue weighted by Crippen LogP contribution is 2.55. The summed E-state index contributed by atoms with van der Waals surface area (Å²) in [6.07, 6.45) is 9.59. The van der Waals surface area contributed by atoms with Gasteiger partial charge in [-0.05, 0) is 75.3 Å². The van der Waals surface area contributed by atoms with Crippen LogP contribution in [0.4, 0.5) is 0 Å². The number of rotatable bonds is 5. The predicted octanol–water partition coefficient (Wildman–Crippen LogP) is 1.99. The van der Waals surface area contributed by atoms with Crippen LogP contribution < -0.4 is 10.6 Å². The molecule has 4 nitrogen and oxygen atoms in total. The molecule has 22 heavy (non-hydrogen) atoms. The number of carbonyl (C=O) groups excluding carboxylic acids is 1. The van der Waals surface area contributed by atoms with Crippen LogP contribution >= 0.6 is 0 Å². The number of nitrogens with one attached hydrogen (secondary N) is 1. The average molecular weight is 303 g/mol. The van der Waals surface area contributed by atoms with Crippen molar-refractivity contribution in [1.29, 1.82) is 0 Å². The van der Waals surface area contributed by atoms with Gasteiger partial charge in [-0.3, -0.25) is 4.79 Å². The second kappa shape index (κ2) is 5.41. The fourth-order valence-electron chi connectivity index (χ4n) is 5.56. The van der Waals surface area contributed by atoms with Gasteiger partial charge in [-0.1, -0.05) is 0 Å². The van der Waals surface area contributed by atoms with Gasteiger partial charge in [-0.2, -0.15) is 0 Å². The number of carbonyl (C=O) groups is 1. The highest BCUT2D eigenvalue weighted by Gasteiger charge is 2.51. The molecule has 120 valence electrons. The standard InChI is InChI=1S/C18H26N2O2/c1-12(16-3-2-4-22-16)19-11-17(21)20-18-8-13-5-14(9-18)7-15(6-13)10-18/h2-4,12-15,19H,5-11H2,1H3,(H,20,21)/p+1/t12-,13?,14?,15?,18?/m1/s1. The molecule has 3 N–H and O–H groups in total. The van der Waals surface area contributed by atoms with Gasteiger partial charge in [0, 0.05) is 5.54 Å². The molecule has 4 heteroatoms. The molecular weight excluding hydrogens is 276 g/mol. The van der Waals surface area contributed by atoms with E-state index in [1.165, 1.54) is 38.5 Å². The first-order valence-electron chi connectivity index (χ1n) is 8.80. The summed E-state index contributed by atoms with van der Waals surface area (Å²) in [7, 11) is 0. The van der Waals surface area contributed by atoms with Crippen molar-refractivity contribution in [1.82, 2.24) is 5.32 Å². The Balaban J connectivity index is 1.32. The number of hydrogen-bond acceptors (Lipinski definition) is 2. The fraction of sp³-hybridized carbons (Fsp3) is 0.722. The van der Waals surface area contributed by atoms with Crippen molar-refractivity contribution in [2.24, 2.45) is 17.8 Å². The molecule has 1 amide bonds. The first-order valence-corrected chi connectivity index (χ1v) is 8.80. The number of furan rings is 1. The molecule has 1 atom stereocenters. The SMILES string of the molecule is C[C@@H]([NH2+]CC(=O)NC12CC3CC(CC(C3)C1)C2)c1ccco1. The summed E-state index contributed by atoms with van der Waals surface area (Å²) in [6.45, 7) is 2.57. The Labute approximate surface area is 132 Å². The summed E-state index contributed by atoms with van der Waals surface area (Å²) in [5.41, 5.74) is 0.133. The lowest BCUT2D eigenvalue weighted by Crippen LogP contribution is -2.87. The smallest absolute Gasteiger partial charge is 0.275 e. The highest BCUT2D eigenvalue weighted by atomic mass is 16.3. The summed E-state index contributed by atoms with van der Waals surface area (Å²) in [5.74, 6) is 3.75. The van der Waals surface area contributed by atoms with Crippen molar-refractivity contribution < 1.29 is 14.5 Å². The molecule has 0 saturated heterocycles. The molecule has 4 fully saturated rings. The average Bonchev–Trinajstić information content (AvgIpc) is 2.97. The fourth-order valence-corrected chi connectivity index (χ4v) is 5.56. The Kier molecular flexibility index (Phi) is 3.52. The van der Waals surface area contributed by atoms with Crippen molar-refractivity contribution in [2.75, 3.05) is 6.54 Å². The molecule has 0 spiro atoms. The summed E-state index contributed by atoms with van der Waals surface area (Å²) in [6, 6.07) is 4.06. The maximum absolute atomic E-state index is 12.4. The van der Waals surface area contributed by atoms with Crippen LogP contribution in [0.2, 0.25) is 0 Å². The van der Waals surface area contributed by atoms with Gasteiger partial charge < -0.3 is 15.1 Å². The van der Waals surface area contributed by atoms with E-state index in [9.17, 15) is 4.79 Å². The molecule has 1 aromatic heterocycles. The minimum atomic E-state index is 0.133. The molecule has 5 rings (SSSR count). The zero-order chi connectivity index (χ0) is 15.2. The summed E-state index contributed by atoms with van der Waals surface area (Å²) in [5, 5.41) is 5.49. The maximum atomic E-state index is 12.4. The van der Waals surface area contributed by atoms with Crippen LogP contribution in [0, 0.1) is 17.8 Å². The van der Waals surface area contributed by atoms with Crippen LogP contribution in [0.1, 0.15) is 57.3 Å². The van der Waals surface area contributed by atoms with Crippen molar-refractivity contribution in [3.63, 3.8) is 0 Å². The number of nitrogens with two attached hydrogens (primary N) is 1. The molecule has 4 aliphatic rings. The second-order valence-electron chi connectivity index (χ2n) is 7.99. The van der Waals surface area contributed by atoms with E-state index in [2.05, 4.69) is 17.6 Å². The Hall–Kier alpha value is -1.29. The molecule has 0 radical (unpaired) electrons. The van der Waals surface area contributed by atoms with Gasteiger partial charge in [-0.15, -0.1) is 0 Å². The van der Waals surface area contributed by atoms with Crippen LogP contribution in [0.15, 0.2) is 22.8 Å². The molecule has 1 aromatic rings. The zero-order valence-corrected chi connectivity index (χ0v) is 13.4. The van der Waals surface area contributed by atoms with Gasteiger partial charge in [0.1, 0.15) is 6.04 Å². The lowest BCUT2D eigenvalue weighted by Gasteiger charge is -2.56. The van der Waals surface area contributed by atoms with E-state index >= 15 is 0 Å². The van der Waals surface area contributed by atoms with Gasteiger partial charge in [-0.25, -0.2) is 0 Å². The first-order chi connectivity index (χ1) is 10.6. The lowest BCUT2D eigenvalue weighted by atomic mass is 9.53. The van der Waals surface area contributed by atoms with Crippen LogP contribution in [0.5, 0.6) is 0 Å². The van der Waals surface area contributed by atoms with E-state index in [1.54, 1.807) is 6.26 Å². The predicted molar refractivity (Wildman–Crippen MR) is 83.0 cm³/mol. The Morgan fingerprint density at radius 1 is 1.32 bits per heavy atom. The number of hydrogen-bond donors (Lipinski definition) is 2. The van der Waals surface area contributed by atoms with Crippen molar-refractivity contribution in [2.45, 2.75) is 57.0 Å². The van der Waals surface area contributed by atoms with Gasteiger partial charge in [0.25, 0.3) is 5.91 Å². The first kappa shape index (κ1) is 14.3. The molecular formula is C18H27N2O2+. The van der Waals surface area contributed by atoms with E-state index in [0.29, 0.717) is 6.54 Å². The van der Waals surface area contributed by atoms with E-state index in [0.717, 1.165) is 23.5 Å². The quantitative estimate of drug-likeness (QED) is 0.874. The largest absolute Gasteiger partial charge is 0.463 e. The van der Waals surface area contributed by atoms with E-state index < -0.39 is 0 Å². The van der Waals surface area contributed by atoms with Gasteiger partial charge in [0.2, 0.25) is 0 Å². The van der Waals surface area contributed by atoms with Gasteiger partial charge >= 0.3 is 0 Å². The van der Waals surface area contributed by atoms with Crippen molar-refractivity contribution >= 4 is 5.91 Å². The molecule has 4 bridgehead atoms. The molecule has 0 aromatic carbocycles. The van der Waals surface area contributed by atoms with E-state index in [4.69, 9.17) is 4.42 Å². The monoisotopic (exact) mass is 303 g/mol. The van der Waals surface area contributed by atoms with Crippen LogP contribution in [-0.4, -0.2) is 18.0 Å². The number of quaternary nitrogens is 1. The minimum Gasteiger partial charge on any atom is -0.463 e. The summed E-state index contributed by atoms with van der Waals surface area (Å²) < 4.78 is 5.40. The molecule has 4 saturated carbocycles. The normalized spacial score (nSPS) is 37.2. The van der Waals surface area contributed by atoms with Crippen molar-refractivity contribution in [3.05, 3.63) is 24.2 Å². The molecule has 0 aliphatic heterocycles. The maximum Gasteiger partial charge on any atom is 0.275 e. The van der Waals surface area contributed by atoms with Crippen LogP contribution in [-0.2, 0) is 4.79 Å². The Morgan fingerprint density at radius 3 is 2.50 bits per heavy atom. The van der Waals surface area contributed by atoms with E-state index in [-0.39, 0.29) is 17.5 Å². The number of amides is 1. The lowest BCUT2D eigenvalue weighted by molar-refractivity contribution is -0.684. The van der Waals surface area contributed by atoms with Crippen LogP contribution in [0.3, 0.4) is 0 Å². The summed E-state index contributed by atoms with van der Waals surface area (Å²) in [4.78, 5) is 12.4. The van der Waals surface area contributed by atoms with Gasteiger partial charge in [0.15, 0.2) is 12.3 Å². The second-order valence-corrected chi connectivity index (χ2v) is 7.99. The van der Waals surface area contributed by atoms with Gasteiger partial charge in [0.05, 0.1) is 6.26 Å². The topological polar surface area (TPSA) is 58.9 Å². The highest BCUT2D eigenvalue weighted by molar-refractivity contribution is 5.77. The third-order valence-electron chi connectivity index (χ3n) is 6.09. The molecule has 1 heterocycles. The third kappa shape index (κ3) is 2.69. The molecule has 0 unspecified atom stereocenters. The zero-order valence-electron chi connectivity index (χ0n) is 13.4. The minimum absolute atomic E-state index is 0.133. The van der Waals surface area contributed by atoms with E-state index in [1.807, 2.05) is 12.1 Å². The van der Waals surface area contributed by atoms with Crippen LogP contribution in [0.25, 0.3) is 0 Å².